The van der Waals surface area contributed by atoms with Gasteiger partial charge in [-0.15, -0.1) is 0 Å². The number of aromatic nitrogens is 2. The molecule has 1 aliphatic heterocycles. The van der Waals surface area contributed by atoms with Crippen LogP contribution in [0.1, 0.15) is 50.3 Å². The fourth-order valence-electron chi connectivity index (χ4n) is 5.67. The Labute approximate surface area is 198 Å². The summed E-state index contributed by atoms with van der Waals surface area (Å²) in [5.41, 5.74) is 6.84. The summed E-state index contributed by atoms with van der Waals surface area (Å²) in [4.78, 5) is 32.4. The number of carbonyl (C=O) groups is 1. The highest BCUT2D eigenvalue weighted by Gasteiger charge is 2.40. The molecule has 0 bridgehead atoms. The third-order valence-corrected chi connectivity index (χ3v) is 7.33. The molecule has 0 radical (unpaired) electrons. The lowest BCUT2D eigenvalue weighted by Crippen LogP contribution is -2.47. The highest BCUT2D eigenvalue weighted by Crippen LogP contribution is 2.44. The van der Waals surface area contributed by atoms with Crippen LogP contribution >= 0.6 is 0 Å². The van der Waals surface area contributed by atoms with Crippen LogP contribution in [0.25, 0.3) is 0 Å². The van der Waals surface area contributed by atoms with Gasteiger partial charge in [0, 0.05) is 36.5 Å². The molecular weight excluding hydrogens is 422 g/mol. The van der Waals surface area contributed by atoms with Crippen LogP contribution in [0.15, 0.2) is 90.1 Å². The fourth-order valence-corrected chi connectivity index (χ4v) is 5.67. The Morgan fingerprint density at radius 1 is 0.853 bits per heavy atom. The van der Waals surface area contributed by atoms with E-state index in [1.54, 1.807) is 30.3 Å². The Hall–Kier alpha value is -3.99. The maximum absolute atomic E-state index is 13.7. The van der Waals surface area contributed by atoms with Crippen molar-refractivity contribution in [3.8, 4) is 0 Å². The van der Waals surface area contributed by atoms with Crippen LogP contribution in [-0.2, 0) is 12.8 Å². The van der Waals surface area contributed by atoms with Crippen molar-refractivity contribution in [1.82, 2.24) is 9.55 Å². The van der Waals surface area contributed by atoms with E-state index < -0.39 is 0 Å². The lowest BCUT2D eigenvalue weighted by molar-refractivity contribution is 0.0950. The number of hydrogen-bond donors (Lipinski definition) is 0. The summed E-state index contributed by atoms with van der Waals surface area (Å²) in [6, 6.07) is 22.6. The summed E-state index contributed by atoms with van der Waals surface area (Å²) in [5.74, 6) is -0.113. The molecule has 0 spiro atoms. The number of benzene rings is 2. The summed E-state index contributed by atoms with van der Waals surface area (Å²) in [6.45, 7) is 2.25. The van der Waals surface area contributed by atoms with Crippen LogP contribution in [0.3, 0.4) is 0 Å². The first-order valence-electron chi connectivity index (χ1n) is 11.7. The van der Waals surface area contributed by atoms with Gasteiger partial charge in [0.25, 0.3) is 5.91 Å². The molecule has 2 aliphatic rings. The SMILES string of the molecule is Cc1c2n(ccc1=O)C(C1c3ccccc3CCc3ccccc31)CN(c1cccnc1)C2=O. The van der Waals surface area contributed by atoms with Crippen LogP contribution in [0.2, 0.25) is 0 Å². The Balaban J connectivity index is 1.62. The van der Waals surface area contributed by atoms with Crippen molar-refractivity contribution in [2.45, 2.75) is 31.7 Å². The molecule has 2 aromatic heterocycles. The number of amides is 1. The molecular formula is C29H25N3O2. The van der Waals surface area contributed by atoms with Crippen LogP contribution in [0.5, 0.6) is 0 Å². The lowest BCUT2D eigenvalue weighted by Gasteiger charge is -2.41. The van der Waals surface area contributed by atoms with Crippen LogP contribution in [-0.4, -0.2) is 22.0 Å². The number of hydrogen-bond acceptors (Lipinski definition) is 3. The van der Waals surface area contributed by atoms with Crippen molar-refractivity contribution in [1.29, 1.82) is 0 Å². The Morgan fingerprint density at radius 2 is 1.53 bits per heavy atom. The van der Waals surface area contributed by atoms with E-state index in [2.05, 4.69) is 58.1 Å². The molecule has 2 aromatic carbocycles. The zero-order valence-corrected chi connectivity index (χ0v) is 19.0. The first-order valence-corrected chi connectivity index (χ1v) is 11.7. The molecule has 3 heterocycles. The monoisotopic (exact) mass is 447 g/mol. The largest absolute Gasteiger partial charge is 0.337 e. The summed E-state index contributed by atoms with van der Waals surface area (Å²) >= 11 is 0. The molecule has 168 valence electrons. The average Bonchev–Trinajstić information content (AvgIpc) is 3.04. The minimum Gasteiger partial charge on any atom is -0.337 e. The second-order valence-corrected chi connectivity index (χ2v) is 9.13. The maximum Gasteiger partial charge on any atom is 0.275 e. The second-order valence-electron chi connectivity index (χ2n) is 9.13. The first-order chi connectivity index (χ1) is 16.6. The Morgan fingerprint density at radius 3 is 2.18 bits per heavy atom. The van der Waals surface area contributed by atoms with Gasteiger partial charge in [-0.25, -0.2) is 0 Å². The van der Waals surface area contributed by atoms with Gasteiger partial charge in [0.15, 0.2) is 5.43 Å². The molecule has 0 saturated heterocycles. The zero-order chi connectivity index (χ0) is 23.2. The molecule has 1 unspecified atom stereocenters. The normalized spacial score (nSPS) is 17.5. The number of rotatable bonds is 2. The van der Waals surface area contributed by atoms with E-state index in [1.165, 1.54) is 22.3 Å². The molecule has 34 heavy (non-hydrogen) atoms. The molecule has 6 rings (SSSR count). The van der Waals surface area contributed by atoms with Gasteiger partial charge in [-0.3, -0.25) is 14.6 Å². The second kappa shape index (κ2) is 8.10. The van der Waals surface area contributed by atoms with E-state index in [-0.39, 0.29) is 23.3 Å². The molecule has 0 fully saturated rings. The summed E-state index contributed by atoms with van der Waals surface area (Å²) in [5, 5.41) is 0. The molecule has 5 nitrogen and oxygen atoms in total. The summed E-state index contributed by atoms with van der Waals surface area (Å²) < 4.78 is 2.05. The lowest BCUT2D eigenvalue weighted by atomic mass is 9.81. The van der Waals surface area contributed by atoms with Gasteiger partial charge in [0.05, 0.1) is 17.9 Å². The quantitative estimate of drug-likeness (QED) is 0.448. The molecule has 0 N–H and O–H groups in total. The topological polar surface area (TPSA) is 55.2 Å². The Bertz CT molecular complexity index is 1410. The first kappa shape index (κ1) is 20.6. The van der Waals surface area contributed by atoms with Gasteiger partial charge in [0.1, 0.15) is 5.69 Å². The number of pyridine rings is 2. The number of nitrogens with zero attached hydrogens (tertiary/aromatic N) is 3. The van der Waals surface area contributed by atoms with Gasteiger partial charge >= 0.3 is 0 Å². The number of carbonyl (C=O) groups excluding carboxylic acids is 1. The minimum atomic E-state index is -0.158. The van der Waals surface area contributed by atoms with Crippen molar-refractivity contribution >= 4 is 11.6 Å². The zero-order valence-electron chi connectivity index (χ0n) is 19.0. The third-order valence-electron chi connectivity index (χ3n) is 7.33. The van der Waals surface area contributed by atoms with E-state index in [4.69, 9.17) is 0 Å². The van der Waals surface area contributed by atoms with Gasteiger partial charge in [-0.05, 0) is 54.2 Å². The van der Waals surface area contributed by atoms with Crippen molar-refractivity contribution < 1.29 is 4.79 Å². The number of anilines is 1. The van der Waals surface area contributed by atoms with Crippen molar-refractivity contribution in [3.63, 3.8) is 0 Å². The van der Waals surface area contributed by atoms with Gasteiger partial charge in [-0.1, -0.05) is 48.5 Å². The van der Waals surface area contributed by atoms with Crippen LogP contribution < -0.4 is 10.3 Å². The van der Waals surface area contributed by atoms with E-state index in [9.17, 15) is 9.59 Å². The van der Waals surface area contributed by atoms with E-state index in [0.717, 1.165) is 18.5 Å². The average molecular weight is 448 g/mol. The minimum absolute atomic E-state index is 0.0443. The maximum atomic E-state index is 13.7. The van der Waals surface area contributed by atoms with Gasteiger partial charge < -0.3 is 9.47 Å². The number of aryl methyl sites for hydroxylation is 2. The van der Waals surface area contributed by atoms with E-state index in [1.807, 2.05) is 18.3 Å². The van der Waals surface area contributed by atoms with Crippen LogP contribution in [0.4, 0.5) is 5.69 Å². The molecule has 1 atom stereocenters. The van der Waals surface area contributed by atoms with E-state index in [0.29, 0.717) is 17.8 Å². The summed E-state index contributed by atoms with van der Waals surface area (Å²) in [6.07, 6.45) is 7.20. The van der Waals surface area contributed by atoms with Crippen molar-refractivity contribution in [3.05, 3.63) is 129 Å². The highest BCUT2D eigenvalue weighted by molar-refractivity contribution is 6.06. The highest BCUT2D eigenvalue weighted by atomic mass is 16.2. The molecule has 4 aromatic rings. The van der Waals surface area contributed by atoms with E-state index >= 15 is 0 Å². The van der Waals surface area contributed by atoms with Gasteiger partial charge in [0.2, 0.25) is 0 Å². The van der Waals surface area contributed by atoms with Gasteiger partial charge in [-0.2, -0.15) is 0 Å². The van der Waals surface area contributed by atoms with Crippen molar-refractivity contribution in [2.75, 3.05) is 11.4 Å². The molecule has 0 saturated carbocycles. The van der Waals surface area contributed by atoms with Crippen LogP contribution in [0, 0.1) is 6.92 Å². The fraction of sp³-hybridized carbons (Fsp3) is 0.207. The Kier molecular flexibility index (Phi) is 4.91. The standard InChI is InChI=1S/C29H25N3O2/c1-19-26(33)14-16-31-25(18-32(29(34)28(19)31)22-9-6-15-30-17-22)27-23-10-4-2-7-20(23)12-13-21-8-3-5-11-24(21)27/h2-11,14-17,25,27H,12-13,18H2,1H3. The summed E-state index contributed by atoms with van der Waals surface area (Å²) in [7, 11) is 0. The molecule has 1 aliphatic carbocycles. The smallest absolute Gasteiger partial charge is 0.275 e. The van der Waals surface area contributed by atoms with Crippen molar-refractivity contribution in [2.24, 2.45) is 0 Å². The number of fused-ring (bicyclic) bond motifs is 3. The molecule has 5 heteroatoms. The predicted molar refractivity (Wildman–Crippen MR) is 133 cm³/mol. The predicted octanol–water partition coefficient (Wildman–Crippen LogP) is 4.68. The molecule has 1 amide bonds. The third kappa shape index (κ3) is 3.19.